The maximum atomic E-state index is 14.0. The van der Waals surface area contributed by atoms with Gasteiger partial charge in [-0.25, -0.2) is 13.2 Å². The number of nitrogens with one attached hydrogen (secondary N) is 1. The van der Waals surface area contributed by atoms with Crippen LogP contribution in [-0.4, -0.2) is 6.54 Å². The van der Waals surface area contributed by atoms with Crippen LogP contribution >= 0.6 is 27.3 Å². The standard InChI is InChI=1S/C14H13BrF3NS/c1-2-5-19-14(11-3-4-12(15)20-11)13-9(17)6-8(16)7-10(13)18/h3-4,6-7,14,19H,2,5H2,1H3. The van der Waals surface area contributed by atoms with E-state index >= 15 is 0 Å². The summed E-state index contributed by atoms with van der Waals surface area (Å²) in [6, 6.07) is 4.42. The smallest absolute Gasteiger partial charge is 0.134 e. The highest BCUT2D eigenvalue weighted by Gasteiger charge is 2.23. The van der Waals surface area contributed by atoms with Crippen molar-refractivity contribution < 1.29 is 13.2 Å². The minimum absolute atomic E-state index is 0.144. The lowest BCUT2D eigenvalue weighted by Gasteiger charge is -2.19. The van der Waals surface area contributed by atoms with Gasteiger partial charge in [-0.3, -0.25) is 0 Å². The van der Waals surface area contributed by atoms with Crippen LogP contribution in [0, 0.1) is 17.5 Å². The van der Waals surface area contributed by atoms with Gasteiger partial charge >= 0.3 is 0 Å². The molecule has 0 fully saturated rings. The molecule has 2 rings (SSSR count). The van der Waals surface area contributed by atoms with Gasteiger partial charge in [-0.15, -0.1) is 11.3 Å². The Bertz CT molecular complexity index is 577. The van der Waals surface area contributed by atoms with Crippen LogP contribution in [0.3, 0.4) is 0 Å². The van der Waals surface area contributed by atoms with Crippen LogP contribution in [-0.2, 0) is 0 Å². The first kappa shape index (κ1) is 15.5. The highest BCUT2D eigenvalue weighted by atomic mass is 79.9. The molecule has 108 valence electrons. The molecule has 20 heavy (non-hydrogen) atoms. The summed E-state index contributed by atoms with van der Waals surface area (Å²) in [4.78, 5) is 0.773. The van der Waals surface area contributed by atoms with Crippen molar-refractivity contribution in [3.63, 3.8) is 0 Å². The molecule has 2 aromatic rings. The van der Waals surface area contributed by atoms with Crippen LogP contribution in [0.25, 0.3) is 0 Å². The Balaban J connectivity index is 2.46. The molecule has 6 heteroatoms. The normalized spacial score (nSPS) is 12.7. The maximum absolute atomic E-state index is 14.0. The van der Waals surface area contributed by atoms with Gasteiger partial charge in [0.25, 0.3) is 0 Å². The minimum atomic E-state index is -0.912. The predicted octanol–water partition coefficient (Wildman–Crippen LogP) is 5.02. The van der Waals surface area contributed by atoms with E-state index in [2.05, 4.69) is 21.2 Å². The first-order chi connectivity index (χ1) is 9.52. The molecule has 0 aliphatic heterocycles. The Labute approximate surface area is 128 Å². The average molecular weight is 364 g/mol. The molecule has 0 aliphatic carbocycles. The SMILES string of the molecule is CCCNC(c1ccc(Br)s1)c1c(F)cc(F)cc1F. The van der Waals surface area contributed by atoms with Gasteiger partial charge in [-0.2, -0.15) is 0 Å². The molecular weight excluding hydrogens is 351 g/mol. The average Bonchev–Trinajstić information content (AvgIpc) is 2.78. The second-order valence-corrected chi connectivity index (χ2v) is 6.81. The molecule has 1 aromatic carbocycles. The van der Waals surface area contributed by atoms with E-state index in [1.165, 1.54) is 11.3 Å². The third kappa shape index (κ3) is 3.42. The van der Waals surface area contributed by atoms with Crippen molar-refractivity contribution in [3.8, 4) is 0 Å². The quantitative estimate of drug-likeness (QED) is 0.786. The summed E-state index contributed by atoms with van der Waals surface area (Å²) in [6.45, 7) is 2.57. The van der Waals surface area contributed by atoms with Crippen molar-refractivity contribution >= 4 is 27.3 Å². The summed E-state index contributed by atoms with van der Waals surface area (Å²) in [5.41, 5.74) is -0.144. The van der Waals surface area contributed by atoms with Gasteiger partial charge in [0.15, 0.2) is 0 Å². The van der Waals surface area contributed by atoms with Gasteiger partial charge in [0.1, 0.15) is 17.5 Å². The van der Waals surface area contributed by atoms with Gasteiger partial charge < -0.3 is 5.32 Å². The maximum Gasteiger partial charge on any atom is 0.134 e. The summed E-state index contributed by atoms with van der Waals surface area (Å²) in [5, 5.41) is 3.10. The molecule has 0 amide bonds. The molecule has 1 unspecified atom stereocenters. The molecule has 0 saturated carbocycles. The summed E-state index contributed by atoms with van der Waals surface area (Å²) in [7, 11) is 0. The molecule has 0 aliphatic rings. The van der Waals surface area contributed by atoms with Crippen LogP contribution in [0.15, 0.2) is 28.1 Å². The van der Waals surface area contributed by atoms with Crippen molar-refractivity contribution in [3.05, 3.63) is 55.9 Å². The van der Waals surface area contributed by atoms with Gasteiger partial charge in [0, 0.05) is 22.6 Å². The summed E-state index contributed by atoms with van der Waals surface area (Å²) in [5.74, 6) is -2.66. The van der Waals surface area contributed by atoms with Crippen LogP contribution in [0.5, 0.6) is 0 Å². The third-order valence-electron chi connectivity index (χ3n) is 2.81. The van der Waals surface area contributed by atoms with Crippen molar-refractivity contribution in [1.29, 1.82) is 0 Å². The first-order valence-corrected chi connectivity index (χ1v) is 7.77. The Morgan fingerprint density at radius 3 is 2.35 bits per heavy atom. The molecule has 1 aromatic heterocycles. The Kier molecular flexibility index (Phi) is 5.23. The van der Waals surface area contributed by atoms with E-state index in [1.807, 2.05) is 13.0 Å². The number of hydrogen-bond donors (Lipinski definition) is 1. The third-order valence-corrected chi connectivity index (χ3v) is 4.50. The fourth-order valence-electron chi connectivity index (χ4n) is 1.95. The van der Waals surface area contributed by atoms with Gasteiger partial charge in [-0.05, 0) is 41.0 Å². The van der Waals surface area contributed by atoms with Gasteiger partial charge in [0.05, 0.1) is 9.83 Å². The Morgan fingerprint density at radius 2 is 1.85 bits per heavy atom. The Hall–Kier alpha value is -0.850. The first-order valence-electron chi connectivity index (χ1n) is 6.16. The Morgan fingerprint density at radius 1 is 1.20 bits per heavy atom. The second-order valence-electron chi connectivity index (χ2n) is 4.31. The summed E-state index contributed by atoms with van der Waals surface area (Å²) >= 11 is 4.72. The fraction of sp³-hybridized carbons (Fsp3) is 0.286. The zero-order chi connectivity index (χ0) is 14.7. The summed E-state index contributed by atoms with van der Waals surface area (Å²) < 4.78 is 41.8. The topological polar surface area (TPSA) is 12.0 Å². The monoisotopic (exact) mass is 363 g/mol. The van der Waals surface area contributed by atoms with E-state index in [4.69, 9.17) is 0 Å². The lowest BCUT2D eigenvalue weighted by molar-refractivity contribution is 0.489. The van der Waals surface area contributed by atoms with Gasteiger partial charge in [0.2, 0.25) is 0 Å². The largest absolute Gasteiger partial charge is 0.305 e. The van der Waals surface area contributed by atoms with Gasteiger partial charge in [-0.1, -0.05) is 6.92 Å². The van der Waals surface area contributed by atoms with Crippen molar-refractivity contribution in [1.82, 2.24) is 5.32 Å². The number of halogens is 4. The molecular formula is C14H13BrF3NS. The van der Waals surface area contributed by atoms with Crippen LogP contribution in [0.1, 0.15) is 29.8 Å². The molecule has 0 radical (unpaired) electrons. The lowest BCUT2D eigenvalue weighted by atomic mass is 10.0. The van der Waals surface area contributed by atoms with E-state index in [0.717, 1.165) is 15.1 Å². The lowest BCUT2D eigenvalue weighted by Crippen LogP contribution is -2.24. The van der Waals surface area contributed by atoms with E-state index in [0.29, 0.717) is 18.7 Å². The van der Waals surface area contributed by atoms with Crippen LogP contribution in [0.4, 0.5) is 13.2 Å². The number of thiophene rings is 1. The molecule has 1 N–H and O–H groups in total. The second kappa shape index (κ2) is 6.74. The molecule has 1 heterocycles. The number of rotatable bonds is 5. The van der Waals surface area contributed by atoms with Crippen LogP contribution in [0.2, 0.25) is 0 Å². The molecule has 0 saturated heterocycles. The molecule has 1 nitrogen and oxygen atoms in total. The van der Waals surface area contributed by atoms with Crippen molar-refractivity contribution in [2.45, 2.75) is 19.4 Å². The van der Waals surface area contributed by atoms with E-state index in [9.17, 15) is 13.2 Å². The summed E-state index contributed by atoms with van der Waals surface area (Å²) in [6.07, 6.45) is 0.827. The fourth-order valence-corrected chi connectivity index (χ4v) is 3.46. The zero-order valence-corrected chi connectivity index (χ0v) is 13.1. The number of benzene rings is 1. The molecule has 0 bridgehead atoms. The molecule has 0 spiro atoms. The minimum Gasteiger partial charge on any atom is -0.305 e. The van der Waals surface area contributed by atoms with E-state index in [-0.39, 0.29) is 5.56 Å². The highest BCUT2D eigenvalue weighted by molar-refractivity contribution is 9.11. The molecule has 1 atom stereocenters. The zero-order valence-electron chi connectivity index (χ0n) is 10.7. The van der Waals surface area contributed by atoms with E-state index < -0.39 is 23.5 Å². The van der Waals surface area contributed by atoms with Crippen molar-refractivity contribution in [2.24, 2.45) is 0 Å². The number of hydrogen-bond acceptors (Lipinski definition) is 2. The highest BCUT2D eigenvalue weighted by Crippen LogP contribution is 2.34. The predicted molar refractivity (Wildman–Crippen MR) is 78.5 cm³/mol. The van der Waals surface area contributed by atoms with Crippen molar-refractivity contribution in [2.75, 3.05) is 6.54 Å². The van der Waals surface area contributed by atoms with Crippen LogP contribution < -0.4 is 5.32 Å². The van der Waals surface area contributed by atoms with E-state index in [1.54, 1.807) is 6.07 Å².